The van der Waals surface area contributed by atoms with Crippen molar-refractivity contribution in [1.82, 2.24) is 0 Å². The van der Waals surface area contributed by atoms with Crippen LogP contribution < -0.4 is 10.7 Å². The molecule has 0 aromatic heterocycles. The molecule has 0 saturated carbocycles. The van der Waals surface area contributed by atoms with Crippen molar-refractivity contribution in [2.45, 2.75) is 0 Å². The van der Waals surface area contributed by atoms with Crippen LogP contribution in [0.5, 0.6) is 0 Å². The average Bonchev–Trinajstić information content (AvgIpc) is 2.51. The molecule has 0 radical (unpaired) electrons. The minimum absolute atomic E-state index is 0. The molecule has 3 aromatic carbocycles. The van der Waals surface area contributed by atoms with Gasteiger partial charge in [-0.3, -0.25) is 0 Å². The Balaban J connectivity index is 0.00000147. The van der Waals surface area contributed by atoms with Crippen LogP contribution in [0.15, 0.2) is 91.0 Å². The molecule has 0 heterocycles. The zero-order chi connectivity index (χ0) is 12.9. The Morgan fingerprint density at radius 3 is 0.900 bits per heavy atom. The van der Waals surface area contributed by atoms with E-state index in [0.717, 1.165) is 0 Å². The average molecular weight is 479 g/mol. The summed E-state index contributed by atoms with van der Waals surface area (Å²) >= 11 is -2.14. The van der Waals surface area contributed by atoms with E-state index < -0.39 is 19.8 Å². The van der Waals surface area contributed by atoms with Gasteiger partial charge in [0.15, 0.2) is 0 Å². The Hall–Kier alpha value is -0.811. The summed E-state index contributed by atoms with van der Waals surface area (Å²) < 4.78 is 4.63. The van der Waals surface area contributed by atoms with Crippen molar-refractivity contribution in [3.05, 3.63) is 91.0 Å². The first-order valence-electron chi connectivity index (χ1n) is 6.60. The van der Waals surface area contributed by atoms with E-state index >= 15 is 0 Å². The Morgan fingerprint density at radius 1 is 0.400 bits per heavy atom. The van der Waals surface area contributed by atoms with Crippen molar-refractivity contribution in [2.75, 3.05) is 0 Å². The molecule has 0 saturated heterocycles. The minimum atomic E-state index is -2.14. The maximum atomic E-state index is 2.29. The SMILES string of the molecule is I.c1cc[c]([SnH]([c]2ccccc2)[c]2ccccc2)cc1. The number of halogens is 1. The van der Waals surface area contributed by atoms with Crippen LogP contribution in [0.1, 0.15) is 0 Å². The van der Waals surface area contributed by atoms with Crippen LogP contribution in [0.3, 0.4) is 0 Å². The van der Waals surface area contributed by atoms with Crippen molar-refractivity contribution in [3.8, 4) is 0 Å². The van der Waals surface area contributed by atoms with Gasteiger partial charge in [-0.25, -0.2) is 0 Å². The number of rotatable bonds is 3. The molecular formula is C18H17ISn. The van der Waals surface area contributed by atoms with E-state index in [4.69, 9.17) is 0 Å². The Morgan fingerprint density at radius 2 is 0.650 bits per heavy atom. The van der Waals surface area contributed by atoms with Gasteiger partial charge in [0.2, 0.25) is 0 Å². The zero-order valence-corrected chi connectivity index (χ0v) is 16.8. The third-order valence-electron chi connectivity index (χ3n) is 3.40. The molecule has 0 atom stereocenters. The number of hydrogen-bond acceptors (Lipinski definition) is 0. The maximum absolute atomic E-state index is 2.29. The summed E-state index contributed by atoms with van der Waals surface area (Å²) in [6.07, 6.45) is 0. The molecule has 20 heavy (non-hydrogen) atoms. The third-order valence-corrected chi connectivity index (χ3v) is 12.4. The van der Waals surface area contributed by atoms with E-state index in [1.54, 1.807) is 10.7 Å². The first-order chi connectivity index (χ1) is 9.45. The summed E-state index contributed by atoms with van der Waals surface area (Å²) in [7, 11) is 0. The van der Waals surface area contributed by atoms with Gasteiger partial charge in [-0.2, -0.15) is 0 Å². The predicted molar refractivity (Wildman–Crippen MR) is 101 cm³/mol. The van der Waals surface area contributed by atoms with Crippen LogP contribution in [0.2, 0.25) is 0 Å². The quantitative estimate of drug-likeness (QED) is 0.401. The van der Waals surface area contributed by atoms with Gasteiger partial charge in [0.1, 0.15) is 0 Å². The summed E-state index contributed by atoms with van der Waals surface area (Å²) in [5, 5.41) is 0. The van der Waals surface area contributed by atoms with Gasteiger partial charge in [0.05, 0.1) is 0 Å². The summed E-state index contributed by atoms with van der Waals surface area (Å²) in [5.74, 6) is 0. The fourth-order valence-electron chi connectivity index (χ4n) is 2.51. The van der Waals surface area contributed by atoms with Crippen LogP contribution in [-0.2, 0) is 0 Å². The summed E-state index contributed by atoms with van der Waals surface area (Å²) in [6, 6.07) is 33.0. The van der Waals surface area contributed by atoms with Crippen molar-refractivity contribution < 1.29 is 0 Å². The molecule has 0 fully saturated rings. The molecule has 100 valence electrons. The van der Waals surface area contributed by atoms with Gasteiger partial charge >= 0.3 is 121 Å². The first kappa shape index (κ1) is 15.6. The molecular weight excluding hydrogens is 462 g/mol. The van der Waals surface area contributed by atoms with Gasteiger partial charge < -0.3 is 0 Å². The molecule has 0 aliphatic carbocycles. The molecule has 0 spiro atoms. The predicted octanol–water partition coefficient (Wildman–Crippen LogP) is 2.55. The standard InChI is InChI=1S/3C6H5.HI.Sn.H/c3*1-2-4-6-5-3-1;;;/h3*1-5H;1H;;. The van der Waals surface area contributed by atoms with Crippen LogP contribution in [0.4, 0.5) is 0 Å². The molecule has 0 aliphatic heterocycles. The monoisotopic (exact) mass is 480 g/mol. The van der Waals surface area contributed by atoms with Crippen LogP contribution in [0, 0.1) is 0 Å². The summed E-state index contributed by atoms with van der Waals surface area (Å²) in [6.45, 7) is 0. The molecule has 0 unspecified atom stereocenters. The molecule has 0 bridgehead atoms. The number of benzene rings is 3. The van der Waals surface area contributed by atoms with E-state index in [0.29, 0.717) is 0 Å². The number of hydrogen-bond donors (Lipinski definition) is 0. The normalized spacial score (nSPS) is 10.1. The van der Waals surface area contributed by atoms with Crippen molar-refractivity contribution >= 4 is 54.5 Å². The fraction of sp³-hybridized carbons (Fsp3) is 0. The van der Waals surface area contributed by atoms with E-state index in [1.807, 2.05) is 0 Å². The molecule has 0 aliphatic rings. The second kappa shape index (κ2) is 7.84. The van der Waals surface area contributed by atoms with Gasteiger partial charge in [-0.05, 0) is 0 Å². The van der Waals surface area contributed by atoms with Crippen molar-refractivity contribution in [2.24, 2.45) is 0 Å². The van der Waals surface area contributed by atoms with E-state index in [-0.39, 0.29) is 24.0 Å². The fourth-order valence-corrected chi connectivity index (χ4v) is 11.0. The van der Waals surface area contributed by atoms with Crippen LogP contribution in [0.25, 0.3) is 0 Å². The van der Waals surface area contributed by atoms with Gasteiger partial charge in [-0.15, -0.1) is 24.0 Å². The second-order valence-corrected chi connectivity index (χ2v) is 12.8. The summed E-state index contributed by atoms with van der Waals surface area (Å²) in [5.41, 5.74) is 0. The molecule has 2 heteroatoms. The van der Waals surface area contributed by atoms with E-state index in [9.17, 15) is 0 Å². The van der Waals surface area contributed by atoms with Crippen LogP contribution in [-0.4, -0.2) is 19.8 Å². The van der Waals surface area contributed by atoms with E-state index in [2.05, 4.69) is 91.0 Å². The second-order valence-electron chi connectivity index (χ2n) is 4.67. The Bertz CT molecular complexity index is 529. The molecule has 0 amide bonds. The van der Waals surface area contributed by atoms with Gasteiger partial charge in [0, 0.05) is 0 Å². The first-order valence-corrected chi connectivity index (χ1v) is 11.5. The van der Waals surface area contributed by atoms with Gasteiger partial charge in [0.25, 0.3) is 0 Å². The summed E-state index contributed by atoms with van der Waals surface area (Å²) in [4.78, 5) is 0. The molecule has 0 nitrogen and oxygen atoms in total. The van der Waals surface area contributed by atoms with Crippen LogP contribution >= 0.6 is 24.0 Å². The van der Waals surface area contributed by atoms with Crippen molar-refractivity contribution in [3.63, 3.8) is 0 Å². The van der Waals surface area contributed by atoms with Crippen molar-refractivity contribution in [1.29, 1.82) is 0 Å². The topological polar surface area (TPSA) is 0 Å². The third kappa shape index (κ3) is 3.64. The Kier molecular flexibility index (Phi) is 6.10. The van der Waals surface area contributed by atoms with Gasteiger partial charge in [-0.1, -0.05) is 0 Å². The molecule has 3 aromatic rings. The molecule has 0 N–H and O–H groups in total. The Labute approximate surface area is 144 Å². The van der Waals surface area contributed by atoms with E-state index in [1.165, 1.54) is 0 Å². The zero-order valence-electron chi connectivity index (χ0n) is 11.1. The molecule has 3 rings (SSSR count).